The number of aryl methyl sites for hydroxylation is 1. The second kappa shape index (κ2) is 6.33. The highest BCUT2D eigenvalue weighted by Gasteiger charge is 2.18. The fourth-order valence-electron chi connectivity index (χ4n) is 2.64. The summed E-state index contributed by atoms with van der Waals surface area (Å²) in [6.07, 6.45) is 6.07. The molecule has 0 radical (unpaired) electrons. The van der Waals surface area contributed by atoms with Crippen LogP contribution in [0.25, 0.3) is 0 Å². The zero-order valence-corrected chi connectivity index (χ0v) is 12.0. The van der Waals surface area contributed by atoms with Gasteiger partial charge in [0.25, 0.3) is 0 Å². The molecule has 1 aliphatic carbocycles. The molecule has 0 aliphatic heterocycles. The molecular weight excluding hydrogens is 260 g/mol. The van der Waals surface area contributed by atoms with Crippen LogP contribution in [0.15, 0.2) is 23.1 Å². The minimum atomic E-state index is -1.08. The van der Waals surface area contributed by atoms with Crippen LogP contribution in [-0.2, 0) is 10.8 Å². The number of aromatic carboxylic acids is 1. The van der Waals surface area contributed by atoms with Crippen LogP contribution >= 0.6 is 0 Å². The van der Waals surface area contributed by atoms with Crippen LogP contribution in [0.1, 0.15) is 48.0 Å². The van der Waals surface area contributed by atoms with Crippen molar-refractivity contribution in [3.8, 4) is 0 Å². The van der Waals surface area contributed by atoms with E-state index in [2.05, 4.69) is 0 Å². The summed E-state index contributed by atoms with van der Waals surface area (Å²) in [6.45, 7) is 1.76. The summed E-state index contributed by atoms with van der Waals surface area (Å²) in [7, 11) is -1.08. The SMILES string of the molecule is Cc1ccc(S(=O)CC2CCCCC2)cc1C(=O)O. The largest absolute Gasteiger partial charge is 0.478 e. The van der Waals surface area contributed by atoms with Crippen LogP contribution in [0.2, 0.25) is 0 Å². The first-order chi connectivity index (χ1) is 9.08. The van der Waals surface area contributed by atoms with Gasteiger partial charge in [0, 0.05) is 10.6 Å². The molecule has 2 rings (SSSR count). The average Bonchev–Trinajstić information content (AvgIpc) is 2.40. The van der Waals surface area contributed by atoms with Crippen LogP contribution in [0.4, 0.5) is 0 Å². The Morgan fingerprint density at radius 1 is 1.32 bits per heavy atom. The topological polar surface area (TPSA) is 54.4 Å². The lowest BCUT2D eigenvalue weighted by Gasteiger charge is -2.21. The monoisotopic (exact) mass is 280 g/mol. The van der Waals surface area contributed by atoms with E-state index in [1.54, 1.807) is 25.1 Å². The summed E-state index contributed by atoms with van der Waals surface area (Å²) < 4.78 is 12.3. The number of hydrogen-bond acceptors (Lipinski definition) is 2. The van der Waals surface area contributed by atoms with E-state index in [1.165, 1.54) is 19.3 Å². The molecule has 1 aliphatic rings. The van der Waals surface area contributed by atoms with Crippen LogP contribution < -0.4 is 0 Å². The van der Waals surface area contributed by atoms with Crippen LogP contribution in [0.3, 0.4) is 0 Å². The van der Waals surface area contributed by atoms with Gasteiger partial charge in [0.1, 0.15) is 0 Å². The molecule has 1 fully saturated rings. The van der Waals surface area contributed by atoms with Crippen LogP contribution in [0.5, 0.6) is 0 Å². The molecule has 4 heteroatoms. The molecule has 0 heterocycles. The first-order valence-electron chi connectivity index (χ1n) is 6.80. The smallest absolute Gasteiger partial charge is 0.335 e. The molecule has 19 heavy (non-hydrogen) atoms. The molecule has 0 amide bonds. The second-order valence-corrected chi connectivity index (χ2v) is 6.79. The van der Waals surface area contributed by atoms with E-state index in [4.69, 9.17) is 5.11 Å². The molecule has 1 unspecified atom stereocenters. The highest BCUT2D eigenvalue weighted by molar-refractivity contribution is 7.85. The molecule has 1 aromatic carbocycles. The van der Waals surface area contributed by atoms with E-state index in [9.17, 15) is 9.00 Å². The summed E-state index contributed by atoms with van der Waals surface area (Å²) in [4.78, 5) is 11.7. The number of benzene rings is 1. The minimum Gasteiger partial charge on any atom is -0.478 e. The Morgan fingerprint density at radius 2 is 2.00 bits per heavy atom. The number of rotatable bonds is 4. The van der Waals surface area contributed by atoms with Crippen molar-refractivity contribution in [2.24, 2.45) is 5.92 Å². The van der Waals surface area contributed by atoms with Gasteiger partial charge in [0.15, 0.2) is 0 Å². The van der Waals surface area contributed by atoms with Gasteiger partial charge in [-0.15, -0.1) is 0 Å². The molecular formula is C15H20O3S. The molecule has 3 nitrogen and oxygen atoms in total. The maximum atomic E-state index is 12.3. The third-order valence-electron chi connectivity index (χ3n) is 3.81. The number of hydrogen-bond donors (Lipinski definition) is 1. The van der Waals surface area contributed by atoms with Crippen LogP contribution in [-0.4, -0.2) is 21.0 Å². The summed E-state index contributed by atoms with van der Waals surface area (Å²) in [5.74, 6) is 0.250. The summed E-state index contributed by atoms with van der Waals surface area (Å²) in [5, 5.41) is 9.09. The van der Waals surface area contributed by atoms with Gasteiger partial charge in [-0.25, -0.2) is 4.79 Å². The Labute approximate surface area is 116 Å². The van der Waals surface area contributed by atoms with Crippen molar-refractivity contribution >= 4 is 16.8 Å². The molecule has 1 atom stereocenters. The van der Waals surface area contributed by atoms with E-state index >= 15 is 0 Å². The van der Waals surface area contributed by atoms with Crippen molar-refractivity contribution in [1.29, 1.82) is 0 Å². The Hall–Kier alpha value is -1.16. The van der Waals surface area contributed by atoms with E-state index in [1.807, 2.05) is 0 Å². The van der Waals surface area contributed by atoms with Crippen molar-refractivity contribution in [3.05, 3.63) is 29.3 Å². The van der Waals surface area contributed by atoms with Crippen molar-refractivity contribution < 1.29 is 14.1 Å². The predicted octanol–water partition coefficient (Wildman–Crippen LogP) is 3.38. The van der Waals surface area contributed by atoms with E-state index < -0.39 is 16.8 Å². The molecule has 0 aromatic heterocycles. The lowest BCUT2D eigenvalue weighted by Crippen LogP contribution is -2.15. The van der Waals surface area contributed by atoms with Gasteiger partial charge >= 0.3 is 5.97 Å². The molecule has 0 spiro atoms. The van der Waals surface area contributed by atoms with Gasteiger partial charge < -0.3 is 5.11 Å². The minimum absolute atomic E-state index is 0.259. The fourth-order valence-corrected chi connectivity index (χ4v) is 4.06. The zero-order chi connectivity index (χ0) is 13.8. The maximum absolute atomic E-state index is 12.3. The average molecular weight is 280 g/mol. The van der Waals surface area contributed by atoms with Crippen molar-refractivity contribution in [3.63, 3.8) is 0 Å². The molecule has 104 valence electrons. The third-order valence-corrected chi connectivity index (χ3v) is 5.37. The van der Waals surface area contributed by atoms with Gasteiger partial charge in [-0.3, -0.25) is 4.21 Å². The van der Waals surface area contributed by atoms with E-state index in [-0.39, 0.29) is 5.56 Å². The second-order valence-electron chi connectivity index (χ2n) is 5.30. The van der Waals surface area contributed by atoms with Crippen molar-refractivity contribution in [1.82, 2.24) is 0 Å². The lowest BCUT2D eigenvalue weighted by molar-refractivity contribution is 0.0696. The van der Waals surface area contributed by atoms with Crippen LogP contribution in [0, 0.1) is 12.8 Å². The standard InChI is InChI=1S/C15H20O3S/c1-11-7-8-13(9-14(11)15(16)17)19(18)10-12-5-3-2-4-6-12/h7-9,12H,2-6,10H2,1H3,(H,16,17). The summed E-state index contributed by atoms with van der Waals surface area (Å²) in [6, 6.07) is 5.11. The number of carboxylic acids is 1. The lowest BCUT2D eigenvalue weighted by atomic mass is 9.91. The summed E-state index contributed by atoms with van der Waals surface area (Å²) >= 11 is 0. The Balaban J connectivity index is 2.10. The normalized spacial score (nSPS) is 18.2. The zero-order valence-electron chi connectivity index (χ0n) is 11.2. The molecule has 1 N–H and O–H groups in total. The molecule has 0 saturated heterocycles. The van der Waals surface area contributed by atoms with E-state index in [0.29, 0.717) is 22.1 Å². The molecule has 1 aromatic rings. The predicted molar refractivity (Wildman–Crippen MR) is 76.0 cm³/mol. The Bertz CT molecular complexity index is 490. The first-order valence-corrected chi connectivity index (χ1v) is 8.12. The van der Waals surface area contributed by atoms with Gasteiger partial charge in [-0.2, -0.15) is 0 Å². The Kier molecular flexibility index (Phi) is 4.75. The number of carboxylic acid groups (broad SMARTS) is 1. The Morgan fingerprint density at radius 3 is 2.63 bits per heavy atom. The molecule has 0 bridgehead atoms. The quantitative estimate of drug-likeness (QED) is 0.920. The van der Waals surface area contributed by atoms with Gasteiger partial charge in [-0.05, 0) is 43.4 Å². The maximum Gasteiger partial charge on any atom is 0.335 e. The van der Waals surface area contributed by atoms with Gasteiger partial charge in [0.05, 0.1) is 16.4 Å². The highest BCUT2D eigenvalue weighted by Crippen LogP contribution is 2.26. The van der Waals surface area contributed by atoms with Crippen molar-refractivity contribution in [2.45, 2.75) is 43.9 Å². The van der Waals surface area contributed by atoms with Gasteiger partial charge in [0.2, 0.25) is 0 Å². The van der Waals surface area contributed by atoms with Gasteiger partial charge in [-0.1, -0.05) is 25.3 Å². The first kappa shape index (κ1) is 14.3. The highest BCUT2D eigenvalue weighted by atomic mass is 32.2. The number of carbonyl (C=O) groups is 1. The summed E-state index contributed by atoms with van der Waals surface area (Å²) in [5.41, 5.74) is 0.973. The fraction of sp³-hybridized carbons (Fsp3) is 0.533. The van der Waals surface area contributed by atoms with E-state index in [0.717, 1.165) is 12.8 Å². The molecule has 1 saturated carbocycles. The van der Waals surface area contributed by atoms with Crippen molar-refractivity contribution in [2.75, 3.05) is 5.75 Å². The third kappa shape index (κ3) is 3.66.